The van der Waals surface area contributed by atoms with Crippen molar-refractivity contribution in [3.8, 4) is 0 Å². The third kappa shape index (κ3) is 5.07. The molecule has 0 fully saturated rings. The first-order valence-electron chi connectivity index (χ1n) is 8.99. The predicted molar refractivity (Wildman–Crippen MR) is 112 cm³/mol. The molecule has 3 rings (SSSR count). The van der Waals surface area contributed by atoms with E-state index in [1.165, 1.54) is 25.3 Å². The van der Waals surface area contributed by atoms with Gasteiger partial charge in [0.15, 0.2) is 0 Å². The highest BCUT2D eigenvalue weighted by Crippen LogP contribution is 2.32. The van der Waals surface area contributed by atoms with Gasteiger partial charge in [0.05, 0.1) is 18.1 Å². The highest BCUT2D eigenvalue weighted by Gasteiger charge is 2.20. The molecule has 6 heteroatoms. The number of nitrogens with one attached hydrogen (secondary N) is 1. The number of ether oxygens (including phenoxy) is 1. The van der Waals surface area contributed by atoms with Gasteiger partial charge in [-0.3, -0.25) is 10.1 Å². The van der Waals surface area contributed by atoms with Crippen molar-refractivity contribution in [1.82, 2.24) is 0 Å². The maximum Gasteiger partial charge on any atom is 0.330 e. The van der Waals surface area contributed by atoms with Crippen molar-refractivity contribution < 1.29 is 14.5 Å². The molecule has 0 aromatic heterocycles. The molecule has 29 heavy (non-hydrogen) atoms. The average molecular weight is 388 g/mol. The van der Waals surface area contributed by atoms with Gasteiger partial charge in [0.2, 0.25) is 0 Å². The van der Waals surface area contributed by atoms with Gasteiger partial charge in [-0.05, 0) is 28.8 Å². The molecule has 146 valence electrons. The second kappa shape index (κ2) is 9.32. The standard InChI is InChI=1S/C23H20N2O4/c1-29-22(26)15-13-17-12-14-20(21(16-17)25(27)28)24-23(18-8-4-2-5-9-18)19-10-6-3-7-11-19/h2-16,23-24H,1H3/b15-13+. The van der Waals surface area contributed by atoms with Crippen LogP contribution in [0.5, 0.6) is 0 Å². The van der Waals surface area contributed by atoms with Gasteiger partial charge >= 0.3 is 5.97 Å². The Balaban J connectivity index is 1.98. The highest BCUT2D eigenvalue weighted by molar-refractivity contribution is 5.87. The minimum Gasteiger partial charge on any atom is -0.466 e. The molecule has 0 bridgehead atoms. The topological polar surface area (TPSA) is 81.5 Å². The van der Waals surface area contributed by atoms with Crippen LogP contribution in [0.4, 0.5) is 11.4 Å². The van der Waals surface area contributed by atoms with E-state index in [9.17, 15) is 14.9 Å². The van der Waals surface area contributed by atoms with Crippen LogP contribution in [0.2, 0.25) is 0 Å². The minimum absolute atomic E-state index is 0.0751. The lowest BCUT2D eigenvalue weighted by molar-refractivity contribution is -0.384. The van der Waals surface area contributed by atoms with E-state index in [0.29, 0.717) is 11.3 Å². The molecule has 0 saturated carbocycles. The van der Waals surface area contributed by atoms with Crippen molar-refractivity contribution in [2.24, 2.45) is 0 Å². The van der Waals surface area contributed by atoms with Gasteiger partial charge in [0.25, 0.3) is 5.69 Å². The van der Waals surface area contributed by atoms with E-state index in [0.717, 1.165) is 11.1 Å². The Hall–Kier alpha value is -3.93. The van der Waals surface area contributed by atoms with E-state index < -0.39 is 10.9 Å². The molecule has 1 N–H and O–H groups in total. The van der Waals surface area contributed by atoms with Crippen LogP contribution in [0.15, 0.2) is 84.9 Å². The number of carbonyl (C=O) groups is 1. The predicted octanol–water partition coefficient (Wildman–Crippen LogP) is 4.98. The van der Waals surface area contributed by atoms with Crippen molar-refractivity contribution in [3.63, 3.8) is 0 Å². The molecule has 0 amide bonds. The summed E-state index contributed by atoms with van der Waals surface area (Å²) < 4.78 is 4.55. The lowest BCUT2D eigenvalue weighted by Gasteiger charge is -2.21. The van der Waals surface area contributed by atoms with Gasteiger partial charge in [-0.2, -0.15) is 0 Å². The van der Waals surface area contributed by atoms with E-state index >= 15 is 0 Å². The molecule has 6 nitrogen and oxygen atoms in total. The molecule has 0 spiro atoms. The van der Waals surface area contributed by atoms with Crippen LogP contribution < -0.4 is 5.32 Å². The zero-order valence-electron chi connectivity index (χ0n) is 15.8. The summed E-state index contributed by atoms with van der Waals surface area (Å²) in [6.45, 7) is 0. The zero-order valence-corrected chi connectivity index (χ0v) is 15.8. The normalized spacial score (nSPS) is 10.8. The number of nitro benzene ring substituents is 1. The first-order valence-corrected chi connectivity index (χ1v) is 8.99. The fourth-order valence-electron chi connectivity index (χ4n) is 2.96. The average Bonchev–Trinajstić information content (AvgIpc) is 2.77. The van der Waals surface area contributed by atoms with Gasteiger partial charge < -0.3 is 10.1 Å². The summed E-state index contributed by atoms with van der Waals surface area (Å²) in [6.07, 6.45) is 2.71. The van der Waals surface area contributed by atoms with Crippen LogP contribution in [-0.2, 0) is 9.53 Å². The van der Waals surface area contributed by atoms with E-state index in [2.05, 4.69) is 10.1 Å². The lowest BCUT2D eigenvalue weighted by Crippen LogP contribution is -2.13. The molecule has 0 saturated heterocycles. The number of anilines is 1. The van der Waals surface area contributed by atoms with Gasteiger partial charge in [-0.15, -0.1) is 0 Å². The quantitative estimate of drug-likeness (QED) is 0.267. The van der Waals surface area contributed by atoms with Crippen LogP contribution in [0, 0.1) is 10.1 Å². The fourth-order valence-corrected chi connectivity index (χ4v) is 2.96. The van der Waals surface area contributed by atoms with E-state index in [1.807, 2.05) is 60.7 Å². The van der Waals surface area contributed by atoms with E-state index in [-0.39, 0.29) is 11.7 Å². The summed E-state index contributed by atoms with van der Waals surface area (Å²) in [7, 11) is 1.27. The number of hydrogen-bond acceptors (Lipinski definition) is 5. The summed E-state index contributed by atoms with van der Waals surface area (Å²) in [5.41, 5.74) is 2.82. The summed E-state index contributed by atoms with van der Waals surface area (Å²) in [5, 5.41) is 15.0. The fraction of sp³-hybridized carbons (Fsp3) is 0.0870. The first kappa shape index (κ1) is 19.8. The van der Waals surface area contributed by atoms with Crippen molar-refractivity contribution >= 4 is 23.4 Å². The summed E-state index contributed by atoms with van der Waals surface area (Å²) in [4.78, 5) is 22.5. The van der Waals surface area contributed by atoms with Crippen LogP contribution in [0.1, 0.15) is 22.7 Å². The molecular weight excluding hydrogens is 368 g/mol. The highest BCUT2D eigenvalue weighted by atomic mass is 16.6. The zero-order chi connectivity index (χ0) is 20.6. The van der Waals surface area contributed by atoms with E-state index in [4.69, 9.17) is 0 Å². The molecule has 3 aromatic carbocycles. The number of esters is 1. The van der Waals surface area contributed by atoms with Gasteiger partial charge in [0.1, 0.15) is 5.69 Å². The largest absolute Gasteiger partial charge is 0.466 e. The van der Waals surface area contributed by atoms with Crippen LogP contribution in [0.3, 0.4) is 0 Å². The number of benzene rings is 3. The molecule has 3 aromatic rings. The van der Waals surface area contributed by atoms with Crippen molar-refractivity contribution in [2.45, 2.75) is 6.04 Å². The van der Waals surface area contributed by atoms with Crippen LogP contribution >= 0.6 is 0 Å². The van der Waals surface area contributed by atoms with Crippen molar-refractivity contribution in [3.05, 3.63) is 112 Å². The number of methoxy groups -OCH3 is 1. The summed E-state index contributed by atoms with van der Waals surface area (Å²) in [5.74, 6) is -0.525. The van der Waals surface area contributed by atoms with Crippen molar-refractivity contribution in [2.75, 3.05) is 12.4 Å². The molecule has 0 aliphatic rings. The second-order valence-electron chi connectivity index (χ2n) is 6.29. The molecule has 0 radical (unpaired) electrons. The maximum absolute atomic E-state index is 11.7. The Morgan fingerprint density at radius 3 is 2.10 bits per heavy atom. The van der Waals surface area contributed by atoms with Gasteiger partial charge in [-0.25, -0.2) is 4.79 Å². The summed E-state index contributed by atoms with van der Waals surface area (Å²) >= 11 is 0. The molecule has 0 aliphatic carbocycles. The van der Waals surface area contributed by atoms with E-state index in [1.54, 1.807) is 12.1 Å². The third-order valence-electron chi connectivity index (χ3n) is 4.40. The van der Waals surface area contributed by atoms with Crippen molar-refractivity contribution in [1.29, 1.82) is 0 Å². The Morgan fingerprint density at radius 1 is 1.00 bits per heavy atom. The number of carbonyl (C=O) groups excluding carboxylic acids is 1. The Morgan fingerprint density at radius 2 is 1.59 bits per heavy atom. The lowest BCUT2D eigenvalue weighted by atomic mass is 9.98. The van der Waals surface area contributed by atoms with Gasteiger partial charge in [0, 0.05) is 12.1 Å². The SMILES string of the molecule is COC(=O)/C=C/c1ccc(NC(c2ccccc2)c2ccccc2)c([N+](=O)[O-])c1. The second-order valence-corrected chi connectivity index (χ2v) is 6.29. The van der Waals surface area contributed by atoms with Crippen LogP contribution in [-0.4, -0.2) is 18.0 Å². The number of nitrogens with zero attached hydrogens (tertiary/aromatic N) is 1. The molecular formula is C23H20N2O4. The number of nitro groups is 1. The molecule has 0 atom stereocenters. The smallest absolute Gasteiger partial charge is 0.330 e. The first-order chi connectivity index (χ1) is 14.1. The molecule has 0 unspecified atom stereocenters. The number of rotatable bonds is 7. The summed E-state index contributed by atoms with van der Waals surface area (Å²) in [6, 6.07) is 24.0. The number of hydrogen-bond donors (Lipinski definition) is 1. The van der Waals surface area contributed by atoms with Crippen LogP contribution in [0.25, 0.3) is 6.08 Å². The molecule has 0 heterocycles. The Bertz CT molecular complexity index is 978. The molecule has 0 aliphatic heterocycles. The monoisotopic (exact) mass is 388 g/mol. The third-order valence-corrected chi connectivity index (χ3v) is 4.40. The Kier molecular flexibility index (Phi) is 6.37. The Labute approximate surface area is 168 Å². The minimum atomic E-state index is -0.525. The van der Waals surface area contributed by atoms with Gasteiger partial charge in [-0.1, -0.05) is 66.7 Å². The maximum atomic E-state index is 11.7.